The van der Waals surface area contributed by atoms with Gasteiger partial charge < -0.3 is 20.7 Å². The second kappa shape index (κ2) is 6.34. The summed E-state index contributed by atoms with van der Waals surface area (Å²) in [5.41, 5.74) is 6.62. The molecule has 2 fully saturated rings. The Morgan fingerprint density at radius 1 is 1.41 bits per heavy atom. The van der Waals surface area contributed by atoms with E-state index in [4.69, 9.17) is 22.1 Å². The summed E-state index contributed by atoms with van der Waals surface area (Å²) in [6.07, 6.45) is 3.40. The van der Waals surface area contributed by atoms with Crippen molar-refractivity contribution in [1.29, 1.82) is 0 Å². The predicted octanol–water partition coefficient (Wildman–Crippen LogP) is 2.14. The van der Waals surface area contributed by atoms with Gasteiger partial charge in [0, 0.05) is 19.1 Å². The number of benzene rings is 1. The van der Waals surface area contributed by atoms with Gasteiger partial charge in [0.05, 0.1) is 18.4 Å². The number of nitrogens with two attached hydrogens (primary N) is 1. The number of halogens is 1. The molecule has 0 saturated carbocycles. The average Bonchev–Trinajstić information content (AvgIpc) is 2.53. The number of methoxy groups -OCH3 is 1. The summed E-state index contributed by atoms with van der Waals surface area (Å²) in [7, 11) is 1.50. The first-order chi connectivity index (χ1) is 10.6. The van der Waals surface area contributed by atoms with Gasteiger partial charge >= 0.3 is 0 Å². The Hall–Kier alpha value is -1.46. The van der Waals surface area contributed by atoms with Crippen LogP contribution in [0.5, 0.6) is 5.75 Å². The van der Waals surface area contributed by atoms with Crippen molar-refractivity contribution in [2.45, 2.75) is 25.3 Å². The molecule has 6 heteroatoms. The minimum atomic E-state index is -0.136. The van der Waals surface area contributed by atoms with Crippen LogP contribution in [0.1, 0.15) is 29.6 Å². The fourth-order valence-corrected chi connectivity index (χ4v) is 3.81. The second-order valence-corrected chi connectivity index (χ2v) is 6.50. The third-order valence-electron chi connectivity index (χ3n) is 4.76. The SMILES string of the molecule is COc1c(C(=O)N[C@H]2CCN3CCC[C@H]2C3)ccc(N)c1Cl. The average molecular weight is 324 g/mol. The van der Waals surface area contributed by atoms with E-state index in [-0.39, 0.29) is 11.9 Å². The Bertz CT molecular complexity index is 579. The molecule has 0 aromatic heterocycles. The number of nitrogen functional groups attached to an aromatic ring is 1. The molecule has 3 atom stereocenters. The molecule has 0 spiro atoms. The molecule has 2 aliphatic heterocycles. The van der Waals surface area contributed by atoms with Crippen molar-refractivity contribution < 1.29 is 9.53 Å². The minimum absolute atomic E-state index is 0.136. The van der Waals surface area contributed by atoms with Crippen molar-refractivity contribution in [3.05, 3.63) is 22.7 Å². The third kappa shape index (κ3) is 2.88. The number of piperidine rings is 2. The van der Waals surface area contributed by atoms with Gasteiger partial charge in [-0.15, -0.1) is 0 Å². The van der Waals surface area contributed by atoms with E-state index in [0.29, 0.717) is 27.9 Å². The van der Waals surface area contributed by atoms with Crippen molar-refractivity contribution >= 4 is 23.2 Å². The van der Waals surface area contributed by atoms with Gasteiger partial charge in [-0.1, -0.05) is 11.6 Å². The number of amides is 1. The Morgan fingerprint density at radius 3 is 3.00 bits per heavy atom. The number of hydrogen-bond acceptors (Lipinski definition) is 4. The van der Waals surface area contributed by atoms with Gasteiger partial charge in [0.25, 0.3) is 5.91 Å². The lowest BCUT2D eigenvalue weighted by molar-refractivity contribution is 0.0737. The van der Waals surface area contributed by atoms with Crippen LogP contribution in [-0.4, -0.2) is 43.6 Å². The maximum Gasteiger partial charge on any atom is 0.255 e. The quantitative estimate of drug-likeness (QED) is 0.836. The van der Waals surface area contributed by atoms with Crippen molar-refractivity contribution in [3.8, 4) is 5.75 Å². The largest absolute Gasteiger partial charge is 0.494 e. The number of nitrogens with zero attached hydrogens (tertiary/aromatic N) is 1. The highest BCUT2D eigenvalue weighted by molar-refractivity contribution is 6.35. The predicted molar refractivity (Wildman–Crippen MR) is 87.5 cm³/mol. The molecule has 3 rings (SSSR count). The Kier molecular flexibility index (Phi) is 4.45. The first-order valence-electron chi connectivity index (χ1n) is 7.75. The van der Waals surface area contributed by atoms with E-state index in [1.807, 2.05) is 0 Å². The molecule has 0 radical (unpaired) electrons. The fraction of sp³-hybridized carbons (Fsp3) is 0.562. The zero-order valence-electron chi connectivity index (χ0n) is 12.8. The highest BCUT2D eigenvalue weighted by Crippen LogP contribution is 2.34. The van der Waals surface area contributed by atoms with E-state index in [2.05, 4.69) is 10.2 Å². The van der Waals surface area contributed by atoms with Crippen molar-refractivity contribution in [2.75, 3.05) is 32.5 Å². The molecular formula is C16H22ClN3O2. The lowest BCUT2D eigenvalue weighted by Crippen LogP contribution is -2.53. The molecule has 2 aliphatic rings. The number of ether oxygens (including phenoxy) is 1. The number of nitrogens with one attached hydrogen (secondary N) is 1. The summed E-state index contributed by atoms with van der Waals surface area (Å²) in [5.74, 6) is 0.754. The highest BCUT2D eigenvalue weighted by atomic mass is 35.5. The monoisotopic (exact) mass is 323 g/mol. The Labute approximate surface area is 135 Å². The van der Waals surface area contributed by atoms with Gasteiger partial charge in [0.1, 0.15) is 5.02 Å². The number of carbonyl (C=O) groups is 1. The fourth-order valence-electron chi connectivity index (χ4n) is 3.57. The summed E-state index contributed by atoms with van der Waals surface area (Å²) in [6, 6.07) is 3.54. The van der Waals surface area contributed by atoms with E-state index in [9.17, 15) is 4.79 Å². The summed E-state index contributed by atoms with van der Waals surface area (Å²) in [6.45, 7) is 3.34. The molecule has 1 amide bonds. The van der Waals surface area contributed by atoms with Crippen LogP contribution in [0.2, 0.25) is 5.02 Å². The molecule has 1 aromatic carbocycles. The highest BCUT2D eigenvalue weighted by Gasteiger charge is 2.33. The normalized spacial score (nSPS) is 27.3. The molecule has 3 N–H and O–H groups in total. The van der Waals surface area contributed by atoms with E-state index >= 15 is 0 Å². The molecule has 2 saturated heterocycles. The molecule has 5 nitrogen and oxygen atoms in total. The van der Waals surface area contributed by atoms with E-state index in [0.717, 1.165) is 19.5 Å². The van der Waals surface area contributed by atoms with Crippen molar-refractivity contribution in [3.63, 3.8) is 0 Å². The van der Waals surface area contributed by atoms with Crippen LogP contribution in [0, 0.1) is 5.92 Å². The Morgan fingerprint density at radius 2 is 2.23 bits per heavy atom. The van der Waals surface area contributed by atoms with Crippen molar-refractivity contribution in [1.82, 2.24) is 10.2 Å². The number of anilines is 1. The van der Waals surface area contributed by atoms with Gasteiger partial charge in [0.2, 0.25) is 0 Å². The first-order valence-corrected chi connectivity index (χ1v) is 8.13. The summed E-state index contributed by atoms with van der Waals surface area (Å²) in [4.78, 5) is 15.1. The molecule has 1 unspecified atom stereocenters. The van der Waals surface area contributed by atoms with Crippen molar-refractivity contribution in [2.24, 2.45) is 5.92 Å². The van der Waals surface area contributed by atoms with Crippen LogP contribution in [0.15, 0.2) is 12.1 Å². The summed E-state index contributed by atoms with van der Waals surface area (Å²) in [5, 5.41) is 3.46. The second-order valence-electron chi connectivity index (χ2n) is 6.12. The molecule has 2 bridgehead atoms. The summed E-state index contributed by atoms with van der Waals surface area (Å²) < 4.78 is 5.27. The number of fused-ring (bicyclic) bond motifs is 2. The molecule has 1 aromatic rings. The van der Waals surface area contributed by atoms with Crippen LogP contribution in [0.25, 0.3) is 0 Å². The maximum atomic E-state index is 12.6. The third-order valence-corrected chi connectivity index (χ3v) is 5.15. The first kappa shape index (κ1) is 15.4. The van der Waals surface area contributed by atoms with E-state index in [1.54, 1.807) is 12.1 Å². The summed E-state index contributed by atoms with van der Waals surface area (Å²) >= 11 is 6.13. The number of rotatable bonds is 3. The van der Waals surface area contributed by atoms with Crippen LogP contribution >= 0.6 is 11.6 Å². The van der Waals surface area contributed by atoms with Gasteiger partial charge in [0.15, 0.2) is 5.75 Å². The number of carbonyl (C=O) groups excluding carboxylic acids is 1. The molecule has 0 aliphatic carbocycles. The van der Waals surface area contributed by atoms with Gasteiger partial charge in [-0.05, 0) is 43.9 Å². The lowest BCUT2D eigenvalue weighted by Gasteiger charge is -2.42. The standard InChI is InChI=1S/C16H22ClN3O2/c1-22-15-11(4-5-12(18)14(15)17)16(21)19-13-6-8-20-7-2-3-10(13)9-20/h4-5,10,13H,2-3,6-9,18H2,1H3,(H,19,21)/t10-,13-/m0/s1. The van der Waals surface area contributed by atoms with Crippen LogP contribution in [0.3, 0.4) is 0 Å². The minimum Gasteiger partial charge on any atom is -0.494 e. The van der Waals surface area contributed by atoms with E-state index in [1.165, 1.54) is 26.5 Å². The van der Waals surface area contributed by atoms with Crippen LogP contribution < -0.4 is 15.8 Å². The van der Waals surface area contributed by atoms with E-state index < -0.39 is 0 Å². The zero-order valence-corrected chi connectivity index (χ0v) is 13.5. The lowest BCUT2D eigenvalue weighted by atomic mass is 9.85. The topological polar surface area (TPSA) is 67.6 Å². The molecule has 22 heavy (non-hydrogen) atoms. The molecule has 120 valence electrons. The number of hydrogen-bond donors (Lipinski definition) is 2. The van der Waals surface area contributed by atoms with Gasteiger partial charge in [-0.2, -0.15) is 0 Å². The van der Waals surface area contributed by atoms with Gasteiger partial charge in [-0.25, -0.2) is 0 Å². The molecular weight excluding hydrogens is 302 g/mol. The van der Waals surface area contributed by atoms with Crippen LogP contribution in [0.4, 0.5) is 5.69 Å². The molecule has 2 heterocycles. The Balaban J connectivity index is 1.76. The maximum absolute atomic E-state index is 12.6. The zero-order chi connectivity index (χ0) is 15.7. The van der Waals surface area contributed by atoms with Gasteiger partial charge in [-0.3, -0.25) is 4.79 Å². The smallest absolute Gasteiger partial charge is 0.255 e. The van der Waals surface area contributed by atoms with Crippen LogP contribution in [-0.2, 0) is 0 Å².